The van der Waals surface area contributed by atoms with Gasteiger partial charge >= 0.3 is 6.18 Å². The zero-order chi connectivity index (χ0) is 20.6. The number of hydrogen-bond donors (Lipinski definition) is 2. The number of ether oxygens (including phenoxy) is 1. The number of rotatable bonds is 5. The van der Waals surface area contributed by atoms with Crippen LogP contribution in [0.4, 0.5) is 30.6 Å². The monoisotopic (exact) mass is 405 g/mol. The molecule has 9 heteroatoms. The molecule has 1 aliphatic heterocycles. The molecule has 1 aromatic carbocycles. The van der Waals surface area contributed by atoms with Crippen LogP contribution < -0.4 is 15.0 Å². The molecule has 4 rings (SSSR count). The molecule has 29 heavy (non-hydrogen) atoms. The van der Waals surface area contributed by atoms with E-state index in [2.05, 4.69) is 25.2 Å². The number of fused-ring (bicyclic) bond motifs is 1. The highest BCUT2D eigenvalue weighted by Crippen LogP contribution is 2.36. The fourth-order valence-corrected chi connectivity index (χ4v) is 3.50. The average molecular weight is 405 g/mol. The molecular formula is C20H22F3N5O. The van der Waals surface area contributed by atoms with Crippen molar-refractivity contribution in [3.8, 4) is 5.75 Å². The Morgan fingerprint density at radius 3 is 2.59 bits per heavy atom. The Labute approximate surface area is 166 Å². The summed E-state index contributed by atoms with van der Waals surface area (Å²) in [5, 5.41) is 3.78. The molecule has 1 aliphatic rings. The fourth-order valence-electron chi connectivity index (χ4n) is 3.50. The Kier molecular flexibility index (Phi) is 4.97. The Morgan fingerprint density at radius 1 is 1.14 bits per heavy atom. The maximum Gasteiger partial charge on any atom is 0.416 e. The van der Waals surface area contributed by atoms with Crippen LogP contribution in [0, 0.1) is 6.92 Å². The van der Waals surface area contributed by atoms with E-state index >= 15 is 0 Å². The number of halogens is 3. The van der Waals surface area contributed by atoms with Crippen molar-refractivity contribution in [1.82, 2.24) is 15.0 Å². The van der Waals surface area contributed by atoms with Crippen LogP contribution in [0.3, 0.4) is 0 Å². The molecule has 2 N–H and O–H groups in total. The van der Waals surface area contributed by atoms with E-state index in [1.54, 1.807) is 13.0 Å². The number of hydrogen-bond acceptors (Lipinski definition) is 5. The lowest BCUT2D eigenvalue weighted by atomic mass is 10.1. The number of aryl methyl sites for hydroxylation is 1. The normalized spacial score (nSPS) is 14.6. The van der Waals surface area contributed by atoms with Crippen LogP contribution in [-0.2, 0) is 6.18 Å². The smallest absolute Gasteiger partial charge is 0.416 e. The summed E-state index contributed by atoms with van der Waals surface area (Å²) in [4.78, 5) is 14.5. The van der Waals surface area contributed by atoms with Crippen LogP contribution in [0.15, 0.2) is 24.3 Å². The third-order valence-corrected chi connectivity index (χ3v) is 4.81. The van der Waals surface area contributed by atoms with Crippen molar-refractivity contribution in [2.24, 2.45) is 0 Å². The first-order chi connectivity index (χ1) is 13.8. The number of H-pyrrole nitrogens is 1. The first-order valence-electron chi connectivity index (χ1n) is 9.58. The van der Waals surface area contributed by atoms with Gasteiger partial charge in [-0.1, -0.05) is 0 Å². The third-order valence-electron chi connectivity index (χ3n) is 4.81. The van der Waals surface area contributed by atoms with Crippen molar-refractivity contribution in [3.05, 3.63) is 35.5 Å². The molecule has 0 spiro atoms. The highest BCUT2D eigenvalue weighted by Gasteiger charge is 2.31. The minimum Gasteiger partial charge on any atom is -0.494 e. The first-order valence-corrected chi connectivity index (χ1v) is 9.58. The largest absolute Gasteiger partial charge is 0.494 e. The number of anilines is 3. The van der Waals surface area contributed by atoms with E-state index in [-0.39, 0.29) is 18.0 Å². The summed E-state index contributed by atoms with van der Waals surface area (Å²) in [5.74, 6) is 1.18. The Bertz CT molecular complexity index is 1020. The number of aromatic amines is 1. The summed E-state index contributed by atoms with van der Waals surface area (Å²) in [5.41, 5.74) is 1.03. The summed E-state index contributed by atoms with van der Waals surface area (Å²) in [6.45, 7) is 5.63. The number of benzene rings is 1. The lowest BCUT2D eigenvalue weighted by Gasteiger charge is -2.17. The van der Waals surface area contributed by atoms with E-state index in [1.165, 1.54) is 0 Å². The second kappa shape index (κ2) is 7.46. The van der Waals surface area contributed by atoms with Gasteiger partial charge in [-0.3, -0.25) is 0 Å². The molecule has 0 aliphatic carbocycles. The quantitative estimate of drug-likeness (QED) is 0.623. The second-order valence-corrected chi connectivity index (χ2v) is 7.08. The molecule has 6 nitrogen and oxygen atoms in total. The number of nitrogens with zero attached hydrogens (tertiary/aromatic N) is 3. The molecule has 0 saturated carbocycles. The van der Waals surface area contributed by atoms with Gasteiger partial charge in [0.1, 0.15) is 17.2 Å². The van der Waals surface area contributed by atoms with E-state index in [4.69, 9.17) is 4.74 Å². The predicted octanol–water partition coefficient (Wildman–Crippen LogP) is 5.03. The summed E-state index contributed by atoms with van der Waals surface area (Å²) in [6, 6.07) is 5.48. The number of aromatic nitrogens is 3. The molecule has 1 saturated heterocycles. The van der Waals surface area contributed by atoms with Crippen LogP contribution in [0.5, 0.6) is 5.75 Å². The predicted molar refractivity (Wildman–Crippen MR) is 106 cm³/mol. The van der Waals surface area contributed by atoms with Crippen LogP contribution in [-0.4, -0.2) is 34.6 Å². The highest BCUT2D eigenvalue weighted by atomic mass is 19.4. The molecule has 0 atom stereocenters. The molecule has 3 aromatic rings. The van der Waals surface area contributed by atoms with Crippen molar-refractivity contribution in [3.63, 3.8) is 0 Å². The average Bonchev–Trinajstić information content (AvgIpc) is 3.30. The van der Waals surface area contributed by atoms with Crippen molar-refractivity contribution >= 4 is 28.5 Å². The van der Waals surface area contributed by atoms with Gasteiger partial charge in [-0.2, -0.15) is 23.1 Å². The lowest BCUT2D eigenvalue weighted by molar-refractivity contribution is -0.137. The summed E-state index contributed by atoms with van der Waals surface area (Å²) >= 11 is 0. The van der Waals surface area contributed by atoms with E-state index in [0.29, 0.717) is 17.4 Å². The Hall–Kier alpha value is -2.97. The zero-order valence-electron chi connectivity index (χ0n) is 16.2. The molecule has 2 aromatic heterocycles. The van der Waals surface area contributed by atoms with Gasteiger partial charge in [-0.25, -0.2) is 0 Å². The molecule has 1 fully saturated rings. The van der Waals surface area contributed by atoms with Gasteiger partial charge in [0.15, 0.2) is 0 Å². The highest BCUT2D eigenvalue weighted by molar-refractivity contribution is 5.91. The van der Waals surface area contributed by atoms with Gasteiger partial charge in [0.2, 0.25) is 5.95 Å². The van der Waals surface area contributed by atoms with E-state index in [9.17, 15) is 13.2 Å². The maximum atomic E-state index is 13.3. The van der Waals surface area contributed by atoms with Gasteiger partial charge < -0.3 is 19.9 Å². The maximum absolute atomic E-state index is 13.3. The topological polar surface area (TPSA) is 66.1 Å². The fraction of sp³-hybridized carbons (Fsp3) is 0.400. The molecule has 0 unspecified atom stereocenters. The molecule has 154 valence electrons. The van der Waals surface area contributed by atoms with Gasteiger partial charge in [-0.05, 0) is 44.9 Å². The first kappa shape index (κ1) is 19.4. The SMILES string of the molecule is CCOc1cc(Nc2nc(N3CCCC3)nc3[nH]c(C)cc23)cc(C(F)(F)F)c1. The second-order valence-electron chi connectivity index (χ2n) is 7.08. The van der Waals surface area contributed by atoms with Crippen LogP contribution in [0.2, 0.25) is 0 Å². The molecule has 0 radical (unpaired) electrons. The van der Waals surface area contributed by atoms with Crippen molar-refractivity contribution < 1.29 is 17.9 Å². The van der Waals surface area contributed by atoms with Crippen molar-refractivity contribution in [2.75, 3.05) is 29.9 Å². The van der Waals surface area contributed by atoms with E-state index < -0.39 is 11.7 Å². The Morgan fingerprint density at radius 2 is 1.90 bits per heavy atom. The molecule has 0 bridgehead atoms. The van der Waals surface area contributed by atoms with Crippen LogP contribution in [0.1, 0.15) is 31.0 Å². The van der Waals surface area contributed by atoms with Gasteiger partial charge in [0, 0.05) is 30.5 Å². The van der Waals surface area contributed by atoms with Gasteiger partial charge in [0.25, 0.3) is 0 Å². The zero-order valence-corrected chi connectivity index (χ0v) is 16.2. The van der Waals surface area contributed by atoms with Crippen molar-refractivity contribution in [2.45, 2.75) is 32.9 Å². The lowest BCUT2D eigenvalue weighted by Crippen LogP contribution is -2.20. The van der Waals surface area contributed by atoms with Crippen molar-refractivity contribution in [1.29, 1.82) is 0 Å². The van der Waals surface area contributed by atoms with Crippen LogP contribution >= 0.6 is 0 Å². The number of alkyl halides is 3. The number of nitrogens with one attached hydrogen (secondary N) is 2. The summed E-state index contributed by atoms with van der Waals surface area (Å²) < 4.78 is 45.3. The summed E-state index contributed by atoms with van der Waals surface area (Å²) in [6.07, 6.45) is -2.34. The van der Waals surface area contributed by atoms with Crippen LogP contribution in [0.25, 0.3) is 11.0 Å². The van der Waals surface area contributed by atoms with E-state index in [1.807, 2.05) is 13.0 Å². The third kappa shape index (κ3) is 4.08. The Balaban J connectivity index is 1.77. The minimum atomic E-state index is -4.48. The van der Waals surface area contributed by atoms with Gasteiger partial charge in [0.05, 0.1) is 17.6 Å². The minimum absolute atomic E-state index is 0.153. The molecule has 0 amide bonds. The summed E-state index contributed by atoms with van der Waals surface area (Å²) in [7, 11) is 0. The standard InChI is InChI=1S/C20H22F3N5O/c1-3-29-15-10-13(20(21,22)23)9-14(11-15)25-18-16-8-12(2)24-17(16)26-19(27-18)28-6-4-5-7-28/h8-11H,3-7H2,1-2H3,(H2,24,25,26,27). The van der Waals surface area contributed by atoms with Gasteiger partial charge in [-0.15, -0.1) is 0 Å². The van der Waals surface area contributed by atoms with E-state index in [0.717, 1.165) is 49.1 Å². The molecule has 3 heterocycles. The molecular weight excluding hydrogens is 383 g/mol.